The molecule has 3 fully saturated rings. The van der Waals surface area contributed by atoms with Crippen molar-refractivity contribution in [2.75, 3.05) is 68.1 Å². The summed E-state index contributed by atoms with van der Waals surface area (Å²) in [6.07, 6.45) is 11.9. The highest BCUT2D eigenvalue weighted by Gasteiger charge is 2.30. The maximum absolute atomic E-state index is 13.6. The summed E-state index contributed by atoms with van der Waals surface area (Å²) < 4.78 is 22.6. The zero-order valence-corrected chi connectivity index (χ0v) is 32.9. The SMILES string of the molecule is Cn1cc(-c2cc(Nc3ncc(Br)c(Nc4cnc(-c5ccccc5)cc4P(C)(C)=O)n3)c(OC3CC3)cc2N2CCC(N3CCNCC3)CC2)cn1. The van der Waals surface area contributed by atoms with Crippen LogP contribution < -0.4 is 30.9 Å². The number of pyridine rings is 1. The van der Waals surface area contributed by atoms with Crippen molar-refractivity contribution >= 4 is 57.2 Å². The van der Waals surface area contributed by atoms with Gasteiger partial charge in [0.2, 0.25) is 5.95 Å². The number of halogens is 1. The van der Waals surface area contributed by atoms with Crippen LogP contribution in [0.3, 0.4) is 0 Å². The summed E-state index contributed by atoms with van der Waals surface area (Å²) in [7, 11) is -0.759. The van der Waals surface area contributed by atoms with Gasteiger partial charge < -0.3 is 30.2 Å². The van der Waals surface area contributed by atoms with Gasteiger partial charge in [-0.2, -0.15) is 10.1 Å². The van der Waals surface area contributed by atoms with Crippen molar-refractivity contribution < 1.29 is 9.30 Å². The van der Waals surface area contributed by atoms with Gasteiger partial charge in [0.05, 0.1) is 40.0 Å². The molecule has 0 spiro atoms. The molecule has 5 aromatic rings. The number of anilines is 5. The lowest BCUT2D eigenvalue weighted by Crippen LogP contribution is -2.52. The van der Waals surface area contributed by atoms with E-state index in [1.165, 1.54) is 0 Å². The number of ether oxygens (including phenoxy) is 1. The second-order valence-corrected chi connectivity index (χ2v) is 18.6. The zero-order chi connectivity index (χ0) is 36.5. The van der Waals surface area contributed by atoms with Gasteiger partial charge in [0.1, 0.15) is 18.7 Å². The number of hydrogen-bond donors (Lipinski definition) is 3. The summed E-state index contributed by atoms with van der Waals surface area (Å²) in [6.45, 7) is 9.88. The number of piperazine rings is 1. The highest BCUT2D eigenvalue weighted by molar-refractivity contribution is 9.10. The van der Waals surface area contributed by atoms with Gasteiger partial charge in [-0.1, -0.05) is 30.3 Å². The average molecular weight is 798 g/mol. The predicted octanol–water partition coefficient (Wildman–Crippen LogP) is 6.85. The molecule has 3 aromatic heterocycles. The van der Waals surface area contributed by atoms with Gasteiger partial charge in [-0.05, 0) is 67.1 Å². The summed E-state index contributed by atoms with van der Waals surface area (Å²) in [6, 6.07) is 16.8. The van der Waals surface area contributed by atoms with E-state index >= 15 is 0 Å². The third kappa shape index (κ3) is 8.28. The van der Waals surface area contributed by atoms with Crippen LogP contribution in [0.1, 0.15) is 25.7 Å². The number of aromatic nitrogens is 5. The van der Waals surface area contributed by atoms with Crippen LogP contribution in [-0.2, 0) is 11.6 Å². The van der Waals surface area contributed by atoms with Crippen LogP contribution in [0.25, 0.3) is 22.4 Å². The monoisotopic (exact) mass is 796 g/mol. The second kappa shape index (κ2) is 15.2. The normalized spacial score (nSPS) is 17.2. The highest BCUT2D eigenvalue weighted by atomic mass is 79.9. The van der Waals surface area contributed by atoms with E-state index in [0.717, 1.165) is 104 Å². The Hall–Kier alpha value is -4.29. The van der Waals surface area contributed by atoms with Crippen LogP contribution in [0, 0.1) is 0 Å². The summed E-state index contributed by atoms with van der Waals surface area (Å²) in [4.78, 5) is 19.4. The smallest absolute Gasteiger partial charge is 0.229 e. The van der Waals surface area contributed by atoms with Gasteiger partial charge in [-0.15, -0.1) is 0 Å². The molecule has 12 nitrogen and oxygen atoms in total. The minimum Gasteiger partial charge on any atom is -0.488 e. The number of nitrogens with zero attached hydrogens (tertiary/aromatic N) is 7. The second-order valence-electron chi connectivity index (χ2n) is 14.5. The molecule has 0 radical (unpaired) electrons. The molecule has 2 aromatic carbocycles. The molecule has 0 bridgehead atoms. The number of hydrogen-bond acceptors (Lipinski definition) is 11. The lowest BCUT2D eigenvalue weighted by Gasteiger charge is -2.41. The fraction of sp³-hybridized carbons (Fsp3) is 0.385. The summed E-state index contributed by atoms with van der Waals surface area (Å²) in [5.74, 6) is 1.69. The molecule has 2 saturated heterocycles. The first-order valence-electron chi connectivity index (χ1n) is 18.4. The predicted molar refractivity (Wildman–Crippen MR) is 217 cm³/mol. The average Bonchev–Trinajstić information content (AvgIpc) is 3.89. The molecular weight excluding hydrogens is 751 g/mol. The van der Waals surface area contributed by atoms with Gasteiger partial charge in [0.25, 0.3) is 0 Å². The Balaban J connectivity index is 1.10. The molecular formula is C39H46BrN10O2P. The third-order valence-electron chi connectivity index (χ3n) is 10.2. The number of nitrogens with one attached hydrogen (secondary N) is 3. The molecule has 3 N–H and O–H groups in total. The fourth-order valence-electron chi connectivity index (χ4n) is 7.22. The minimum absolute atomic E-state index is 0.192. The van der Waals surface area contributed by atoms with Crippen molar-refractivity contribution in [3.05, 3.63) is 77.8 Å². The Morgan fingerprint density at radius 2 is 1.66 bits per heavy atom. The first-order chi connectivity index (χ1) is 25.7. The van der Waals surface area contributed by atoms with Crippen molar-refractivity contribution in [2.45, 2.75) is 37.8 Å². The van der Waals surface area contributed by atoms with Crippen LogP contribution in [0.2, 0.25) is 0 Å². The van der Waals surface area contributed by atoms with Crippen LogP contribution in [0.4, 0.5) is 28.8 Å². The van der Waals surface area contributed by atoms with Gasteiger partial charge in [0.15, 0.2) is 0 Å². The first-order valence-corrected chi connectivity index (χ1v) is 21.8. The van der Waals surface area contributed by atoms with Crippen molar-refractivity contribution in [3.8, 4) is 28.1 Å². The van der Waals surface area contributed by atoms with E-state index in [0.29, 0.717) is 33.3 Å². The van der Waals surface area contributed by atoms with Crippen molar-refractivity contribution in [2.24, 2.45) is 7.05 Å². The van der Waals surface area contributed by atoms with Crippen LogP contribution in [0.15, 0.2) is 77.8 Å². The standard InChI is InChI=1S/C39H46BrN10O2P/c1-48-25-27(22-44-48)30-19-33(36(52-29-9-10-29)21-35(30)50-15-11-28(12-16-50)49-17-13-41-14-18-49)46-39-43-23-31(40)38(47-39)45-34-24-42-32(20-37(34)53(2,3)51)26-7-5-4-6-8-26/h4-8,19-25,28-29,41H,9-18H2,1-3H3,(H2,43,45,46,47). The van der Waals surface area contributed by atoms with E-state index in [1.54, 1.807) is 25.7 Å². The molecule has 1 aliphatic carbocycles. The van der Waals surface area contributed by atoms with E-state index in [-0.39, 0.29) is 6.10 Å². The van der Waals surface area contributed by atoms with Crippen LogP contribution in [0.5, 0.6) is 5.75 Å². The lowest BCUT2D eigenvalue weighted by atomic mass is 9.98. The van der Waals surface area contributed by atoms with Crippen LogP contribution >= 0.6 is 23.1 Å². The third-order valence-corrected chi connectivity index (χ3v) is 12.3. The van der Waals surface area contributed by atoms with Crippen LogP contribution in [-0.4, -0.2) is 94.4 Å². The highest BCUT2D eigenvalue weighted by Crippen LogP contribution is 2.44. The molecule has 53 heavy (non-hydrogen) atoms. The van der Waals surface area contributed by atoms with Gasteiger partial charge in [0, 0.05) is 98.5 Å². The Bertz CT molecular complexity index is 2120. The van der Waals surface area contributed by atoms with E-state index in [1.807, 2.05) is 54.3 Å². The van der Waals surface area contributed by atoms with Crippen molar-refractivity contribution in [1.29, 1.82) is 0 Å². The lowest BCUT2D eigenvalue weighted by molar-refractivity contribution is 0.150. The maximum Gasteiger partial charge on any atom is 0.229 e. The molecule has 1 saturated carbocycles. The molecule has 8 rings (SSSR count). The van der Waals surface area contributed by atoms with Crippen molar-refractivity contribution in [1.82, 2.24) is 34.9 Å². The summed E-state index contributed by atoms with van der Waals surface area (Å²) >= 11 is 3.63. The Kier molecular flexibility index (Phi) is 10.3. The maximum atomic E-state index is 13.6. The van der Waals surface area contributed by atoms with Gasteiger partial charge in [-0.3, -0.25) is 14.6 Å². The first kappa shape index (κ1) is 35.7. The number of piperidine rings is 1. The molecule has 14 heteroatoms. The topological polar surface area (TPSA) is 125 Å². The fourth-order valence-corrected chi connectivity index (χ4v) is 8.64. The number of aryl methyl sites for hydroxylation is 1. The summed E-state index contributed by atoms with van der Waals surface area (Å²) in [5, 5.41) is 15.6. The van der Waals surface area contributed by atoms with E-state index in [9.17, 15) is 4.57 Å². The number of rotatable bonds is 11. The molecule has 0 amide bonds. The van der Waals surface area contributed by atoms with E-state index in [4.69, 9.17) is 14.7 Å². The minimum atomic E-state index is -2.71. The molecule has 2 aliphatic heterocycles. The van der Waals surface area contributed by atoms with Gasteiger partial charge >= 0.3 is 0 Å². The van der Waals surface area contributed by atoms with Gasteiger partial charge in [-0.25, -0.2) is 4.98 Å². The summed E-state index contributed by atoms with van der Waals surface area (Å²) in [5.41, 5.74) is 6.41. The zero-order valence-electron chi connectivity index (χ0n) is 30.4. The molecule has 3 aliphatic rings. The molecule has 0 atom stereocenters. The molecule has 0 unspecified atom stereocenters. The Morgan fingerprint density at radius 1 is 0.887 bits per heavy atom. The van der Waals surface area contributed by atoms with Crippen molar-refractivity contribution in [3.63, 3.8) is 0 Å². The molecule has 276 valence electrons. The Labute approximate surface area is 319 Å². The molecule has 5 heterocycles. The number of benzene rings is 2. The van der Waals surface area contributed by atoms with E-state index in [2.05, 4.69) is 70.1 Å². The van der Waals surface area contributed by atoms with E-state index < -0.39 is 7.14 Å². The largest absolute Gasteiger partial charge is 0.488 e. The Morgan fingerprint density at radius 3 is 2.36 bits per heavy atom. The quantitative estimate of drug-likeness (QED) is 0.122.